The number of aromatic nitrogens is 2. The molecule has 0 atom stereocenters. The van der Waals surface area contributed by atoms with Gasteiger partial charge >= 0.3 is 5.97 Å². The normalized spacial score (nSPS) is 10.4. The van der Waals surface area contributed by atoms with Crippen molar-refractivity contribution in [3.8, 4) is 5.75 Å². The highest BCUT2D eigenvalue weighted by molar-refractivity contribution is 6.30. The van der Waals surface area contributed by atoms with Crippen LogP contribution in [0.15, 0.2) is 30.6 Å². The van der Waals surface area contributed by atoms with Crippen molar-refractivity contribution in [2.75, 3.05) is 0 Å². The molecule has 0 fully saturated rings. The van der Waals surface area contributed by atoms with Crippen molar-refractivity contribution in [3.05, 3.63) is 46.7 Å². The fraction of sp³-hybridized carbons (Fsp3) is 0.231. The number of rotatable bonds is 5. The highest BCUT2D eigenvalue weighted by Crippen LogP contribution is 2.24. The molecule has 100 valence electrons. The van der Waals surface area contributed by atoms with E-state index in [-0.39, 0.29) is 17.9 Å². The Morgan fingerprint density at radius 2 is 2.32 bits per heavy atom. The fourth-order valence-electron chi connectivity index (χ4n) is 1.61. The summed E-state index contributed by atoms with van der Waals surface area (Å²) in [6, 6.07) is 4.44. The third-order valence-electron chi connectivity index (χ3n) is 2.58. The molecule has 0 saturated carbocycles. The van der Waals surface area contributed by atoms with Gasteiger partial charge in [-0.25, -0.2) is 4.79 Å². The molecule has 0 aliphatic carbocycles. The number of carboxylic acid groups (broad SMARTS) is 1. The summed E-state index contributed by atoms with van der Waals surface area (Å²) in [6.45, 7) is 3.01. The molecule has 5 nitrogen and oxygen atoms in total. The second-order valence-electron chi connectivity index (χ2n) is 3.94. The van der Waals surface area contributed by atoms with E-state index in [9.17, 15) is 4.79 Å². The van der Waals surface area contributed by atoms with E-state index >= 15 is 0 Å². The van der Waals surface area contributed by atoms with E-state index in [4.69, 9.17) is 21.4 Å². The zero-order valence-electron chi connectivity index (χ0n) is 10.3. The lowest BCUT2D eigenvalue weighted by atomic mass is 10.2. The first-order valence-corrected chi connectivity index (χ1v) is 6.15. The van der Waals surface area contributed by atoms with Crippen LogP contribution in [0.1, 0.15) is 22.8 Å². The molecule has 19 heavy (non-hydrogen) atoms. The van der Waals surface area contributed by atoms with E-state index in [0.717, 1.165) is 12.1 Å². The summed E-state index contributed by atoms with van der Waals surface area (Å²) < 4.78 is 7.28. The molecule has 1 aromatic heterocycles. The van der Waals surface area contributed by atoms with Gasteiger partial charge in [-0.1, -0.05) is 11.6 Å². The number of aromatic carboxylic acids is 1. The van der Waals surface area contributed by atoms with Crippen LogP contribution in [0.2, 0.25) is 5.02 Å². The summed E-state index contributed by atoms with van der Waals surface area (Å²) in [5.41, 5.74) is 0.963. The van der Waals surface area contributed by atoms with Gasteiger partial charge < -0.3 is 9.84 Å². The van der Waals surface area contributed by atoms with Crippen molar-refractivity contribution in [2.24, 2.45) is 0 Å². The molecule has 0 amide bonds. The van der Waals surface area contributed by atoms with Crippen LogP contribution in [0.5, 0.6) is 5.75 Å². The Morgan fingerprint density at radius 1 is 1.53 bits per heavy atom. The first kappa shape index (κ1) is 13.4. The van der Waals surface area contributed by atoms with Crippen molar-refractivity contribution in [1.29, 1.82) is 0 Å². The Morgan fingerprint density at radius 3 is 2.95 bits per heavy atom. The summed E-state index contributed by atoms with van der Waals surface area (Å²) in [7, 11) is 0. The maximum atomic E-state index is 11.1. The Balaban J connectivity index is 2.14. The van der Waals surface area contributed by atoms with Crippen LogP contribution < -0.4 is 4.74 Å². The molecule has 1 aromatic carbocycles. The molecular weight excluding hydrogens is 268 g/mol. The first-order valence-electron chi connectivity index (χ1n) is 5.77. The maximum Gasteiger partial charge on any atom is 0.339 e. The van der Waals surface area contributed by atoms with Gasteiger partial charge in [-0.2, -0.15) is 5.10 Å². The third kappa shape index (κ3) is 3.26. The minimum atomic E-state index is -1.05. The molecular formula is C13H13ClN2O3. The number of ether oxygens (including phenoxy) is 1. The van der Waals surface area contributed by atoms with Gasteiger partial charge in [0.25, 0.3) is 0 Å². The van der Waals surface area contributed by atoms with Crippen molar-refractivity contribution in [1.82, 2.24) is 9.78 Å². The fourth-order valence-corrected chi connectivity index (χ4v) is 1.77. The highest BCUT2D eigenvalue weighted by Gasteiger charge is 2.12. The van der Waals surface area contributed by atoms with Gasteiger partial charge in [-0.15, -0.1) is 0 Å². The van der Waals surface area contributed by atoms with E-state index in [1.807, 2.05) is 13.1 Å². The van der Waals surface area contributed by atoms with Crippen LogP contribution in [0.4, 0.5) is 0 Å². The Labute approximate surface area is 115 Å². The molecule has 2 rings (SSSR count). The number of hydrogen-bond acceptors (Lipinski definition) is 3. The maximum absolute atomic E-state index is 11.1. The van der Waals surface area contributed by atoms with Crippen LogP contribution in [-0.4, -0.2) is 20.9 Å². The van der Waals surface area contributed by atoms with Crippen molar-refractivity contribution in [3.63, 3.8) is 0 Å². The lowest BCUT2D eigenvalue weighted by Crippen LogP contribution is -2.03. The Kier molecular flexibility index (Phi) is 4.06. The molecule has 0 unspecified atom stereocenters. The molecule has 0 aliphatic heterocycles. The average molecular weight is 281 g/mol. The SMILES string of the molecule is CCn1cc(COc2cc(Cl)ccc2C(=O)O)cn1. The Bertz CT molecular complexity index is 595. The van der Waals surface area contributed by atoms with Gasteiger partial charge in [0.1, 0.15) is 17.9 Å². The summed E-state index contributed by atoms with van der Waals surface area (Å²) in [4.78, 5) is 11.1. The predicted molar refractivity (Wildman–Crippen MR) is 70.6 cm³/mol. The molecule has 1 heterocycles. The largest absolute Gasteiger partial charge is 0.488 e. The second kappa shape index (κ2) is 5.75. The number of nitrogens with zero attached hydrogens (tertiary/aromatic N) is 2. The average Bonchev–Trinajstić information content (AvgIpc) is 2.84. The smallest absolute Gasteiger partial charge is 0.339 e. The minimum Gasteiger partial charge on any atom is -0.488 e. The monoisotopic (exact) mass is 280 g/mol. The molecule has 0 spiro atoms. The van der Waals surface area contributed by atoms with Crippen LogP contribution in [-0.2, 0) is 13.2 Å². The zero-order chi connectivity index (χ0) is 13.8. The van der Waals surface area contributed by atoms with Gasteiger partial charge in [0.2, 0.25) is 0 Å². The van der Waals surface area contributed by atoms with E-state index in [1.165, 1.54) is 18.2 Å². The quantitative estimate of drug-likeness (QED) is 0.915. The molecule has 0 aliphatic rings. The minimum absolute atomic E-state index is 0.0901. The first-order chi connectivity index (χ1) is 9.10. The van der Waals surface area contributed by atoms with Crippen molar-refractivity contribution >= 4 is 17.6 Å². The lowest BCUT2D eigenvalue weighted by Gasteiger charge is -2.08. The standard InChI is InChI=1S/C13H13ClN2O3/c1-2-16-7-9(6-15-16)8-19-12-5-10(14)3-4-11(12)13(17)18/h3-7H,2,8H2,1H3,(H,17,18). The molecule has 0 saturated heterocycles. The zero-order valence-corrected chi connectivity index (χ0v) is 11.1. The molecule has 0 bridgehead atoms. The van der Waals surface area contributed by atoms with Gasteiger partial charge in [-0.3, -0.25) is 4.68 Å². The van der Waals surface area contributed by atoms with E-state index in [1.54, 1.807) is 10.9 Å². The Hall–Kier alpha value is -2.01. The van der Waals surface area contributed by atoms with E-state index < -0.39 is 5.97 Å². The summed E-state index contributed by atoms with van der Waals surface area (Å²) in [6.07, 6.45) is 3.54. The van der Waals surface area contributed by atoms with Crippen LogP contribution in [0, 0.1) is 0 Å². The second-order valence-corrected chi connectivity index (χ2v) is 4.38. The number of aryl methyl sites for hydroxylation is 1. The molecule has 2 aromatic rings. The van der Waals surface area contributed by atoms with Gasteiger partial charge in [-0.05, 0) is 25.1 Å². The van der Waals surface area contributed by atoms with Gasteiger partial charge in [0.05, 0.1) is 6.20 Å². The van der Waals surface area contributed by atoms with E-state index in [2.05, 4.69) is 5.10 Å². The van der Waals surface area contributed by atoms with Crippen LogP contribution in [0.25, 0.3) is 0 Å². The van der Waals surface area contributed by atoms with Gasteiger partial charge in [0.15, 0.2) is 0 Å². The van der Waals surface area contributed by atoms with Gasteiger partial charge in [0, 0.05) is 23.3 Å². The number of benzene rings is 1. The highest BCUT2D eigenvalue weighted by atomic mass is 35.5. The van der Waals surface area contributed by atoms with Crippen LogP contribution in [0.3, 0.4) is 0 Å². The lowest BCUT2D eigenvalue weighted by molar-refractivity contribution is 0.0692. The molecule has 0 radical (unpaired) electrons. The number of carboxylic acids is 1. The molecule has 1 N–H and O–H groups in total. The van der Waals surface area contributed by atoms with Crippen molar-refractivity contribution in [2.45, 2.75) is 20.1 Å². The summed E-state index contributed by atoms with van der Waals surface area (Å²) >= 11 is 5.84. The summed E-state index contributed by atoms with van der Waals surface area (Å²) in [5.74, 6) is -0.792. The summed E-state index contributed by atoms with van der Waals surface area (Å²) in [5, 5.41) is 13.6. The number of halogens is 1. The molecule has 6 heteroatoms. The third-order valence-corrected chi connectivity index (χ3v) is 2.81. The van der Waals surface area contributed by atoms with E-state index in [0.29, 0.717) is 5.02 Å². The van der Waals surface area contributed by atoms with Crippen molar-refractivity contribution < 1.29 is 14.6 Å². The number of hydrogen-bond donors (Lipinski definition) is 1. The number of carbonyl (C=O) groups is 1. The van der Waals surface area contributed by atoms with Crippen LogP contribution >= 0.6 is 11.6 Å². The predicted octanol–water partition coefficient (Wildman–Crippen LogP) is 2.83. The topological polar surface area (TPSA) is 64.3 Å².